The van der Waals surface area contributed by atoms with Gasteiger partial charge in [-0.3, -0.25) is 4.79 Å². The Kier molecular flexibility index (Phi) is 2.90. The summed E-state index contributed by atoms with van der Waals surface area (Å²) in [6, 6.07) is 3.09. The summed E-state index contributed by atoms with van der Waals surface area (Å²) in [6.07, 6.45) is 1.20. The lowest BCUT2D eigenvalue weighted by molar-refractivity contribution is -0.140. The predicted molar refractivity (Wildman–Crippen MR) is 64.0 cm³/mol. The number of aliphatic carboxylic acids is 1. The van der Waals surface area contributed by atoms with Crippen molar-refractivity contribution in [2.75, 3.05) is 0 Å². The zero-order valence-electron chi connectivity index (χ0n) is 9.76. The van der Waals surface area contributed by atoms with E-state index in [0.717, 1.165) is 0 Å². The van der Waals surface area contributed by atoms with E-state index in [1.807, 2.05) is 13.8 Å². The second kappa shape index (κ2) is 3.98. The molecule has 0 aliphatic heterocycles. The standard InChI is InChI=1S/C13H14ClFO2/c1-7(2)9-5-8(6-10(14)11(9)15)13(3-4-13)12(16)17/h5-7H,3-4H2,1-2H3,(H,16,17). The summed E-state index contributed by atoms with van der Waals surface area (Å²) in [7, 11) is 0. The molecule has 92 valence electrons. The Balaban J connectivity index is 2.54. The van der Waals surface area contributed by atoms with Crippen molar-refractivity contribution in [1.29, 1.82) is 0 Å². The fourth-order valence-electron chi connectivity index (χ4n) is 2.06. The van der Waals surface area contributed by atoms with Crippen molar-refractivity contribution in [3.05, 3.63) is 34.1 Å². The van der Waals surface area contributed by atoms with Gasteiger partial charge in [0.25, 0.3) is 0 Å². The number of carboxylic acid groups (broad SMARTS) is 1. The van der Waals surface area contributed by atoms with Crippen LogP contribution in [0.4, 0.5) is 4.39 Å². The molecule has 0 unspecified atom stereocenters. The van der Waals surface area contributed by atoms with Crippen molar-refractivity contribution in [3.63, 3.8) is 0 Å². The minimum atomic E-state index is -0.852. The van der Waals surface area contributed by atoms with E-state index < -0.39 is 17.2 Å². The lowest BCUT2D eigenvalue weighted by Crippen LogP contribution is -2.20. The zero-order valence-corrected chi connectivity index (χ0v) is 10.5. The Hall–Kier alpha value is -1.09. The van der Waals surface area contributed by atoms with Crippen LogP contribution in [0, 0.1) is 5.82 Å². The molecule has 17 heavy (non-hydrogen) atoms. The fraction of sp³-hybridized carbons (Fsp3) is 0.462. The molecule has 0 atom stereocenters. The maximum atomic E-state index is 13.8. The lowest BCUT2D eigenvalue weighted by atomic mass is 9.91. The lowest BCUT2D eigenvalue weighted by Gasteiger charge is -2.15. The Labute approximate surface area is 104 Å². The van der Waals surface area contributed by atoms with Gasteiger partial charge in [0.15, 0.2) is 0 Å². The van der Waals surface area contributed by atoms with E-state index in [2.05, 4.69) is 0 Å². The monoisotopic (exact) mass is 256 g/mol. The van der Waals surface area contributed by atoms with Crippen LogP contribution in [0.15, 0.2) is 12.1 Å². The molecule has 0 aromatic heterocycles. The van der Waals surface area contributed by atoms with E-state index in [1.165, 1.54) is 6.07 Å². The van der Waals surface area contributed by atoms with E-state index >= 15 is 0 Å². The van der Waals surface area contributed by atoms with Gasteiger partial charge in [0.1, 0.15) is 5.82 Å². The quantitative estimate of drug-likeness (QED) is 0.895. The average Bonchev–Trinajstić information content (AvgIpc) is 3.02. The topological polar surface area (TPSA) is 37.3 Å². The van der Waals surface area contributed by atoms with Gasteiger partial charge in [-0.15, -0.1) is 0 Å². The van der Waals surface area contributed by atoms with E-state index in [4.69, 9.17) is 11.6 Å². The molecule has 0 heterocycles. The Morgan fingerprint density at radius 1 is 1.47 bits per heavy atom. The first kappa shape index (κ1) is 12.4. The molecule has 0 saturated heterocycles. The first-order valence-corrected chi connectivity index (χ1v) is 5.99. The first-order chi connectivity index (χ1) is 7.88. The molecule has 0 radical (unpaired) electrons. The Morgan fingerprint density at radius 2 is 2.06 bits per heavy atom. The largest absolute Gasteiger partial charge is 0.481 e. The van der Waals surface area contributed by atoms with Crippen molar-refractivity contribution in [2.45, 2.75) is 38.0 Å². The fourth-order valence-corrected chi connectivity index (χ4v) is 2.28. The van der Waals surface area contributed by atoms with Gasteiger partial charge in [-0.05, 0) is 36.0 Å². The molecule has 2 rings (SSSR count). The Morgan fingerprint density at radius 3 is 2.47 bits per heavy atom. The molecule has 0 bridgehead atoms. The Bertz CT molecular complexity index is 479. The summed E-state index contributed by atoms with van der Waals surface area (Å²) in [5.74, 6) is -1.31. The van der Waals surface area contributed by atoms with Crippen molar-refractivity contribution in [2.24, 2.45) is 0 Å². The van der Waals surface area contributed by atoms with Gasteiger partial charge in [0, 0.05) is 0 Å². The predicted octanol–water partition coefficient (Wildman–Crippen LogP) is 3.72. The maximum Gasteiger partial charge on any atom is 0.314 e. The second-order valence-corrected chi connectivity index (χ2v) is 5.31. The summed E-state index contributed by atoms with van der Waals surface area (Å²) in [5.41, 5.74) is 0.279. The number of hydrogen-bond donors (Lipinski definition) is 1. The molecule has 0 spiro atoms. The maximum absolute atomic E-state index is 13.8. The van der Waals surface area contributed by atoms with Crippen molar-refractivity contribution >= 4 is 17.6 Å². The highest BCUT2D eigenvalue weighted by atomic mass is 35.5. The highest BCUT2D eigenvalue weighted by Crippen LogP contribution is 2.49. The molecule has 1 aliphatic carbocycles. The van der Waals surface area contributed by atoms with Gasteiger partial charge in [0.05, 0.1) is 10.4 Å². The van der Waals surface area contributed by atoms with Crippen LogP contribution in [-0.4, -0.2) is 11.1 Å². The van der Waals surface area contributed by atoms with Gasteiger partial charge in [0.2, 0.25) is 0 Å². The van der Waals surface area contributed by atoms with Crippen LogP contribution in [0.5, 0.6) is 0 Å². The van der Waals surface area contributed by atoms with Gasteiger partial charge in [-0.2, -0.15) is 0 Å². The van der Waals surface area contributed by atoms with Crippen LogP contribution in [0.2, 0.25) is 5.02 Å². The third-order valence-corrected chi connectivity index (χ3v) is 3.67. The molecule has 1 fully saturated rings. The summed E-state index contributed by atoms with van der Waals surface area (Å²) < 4.78 is 13.8. The number of carbonyl (C=O) groups is 1. The molecule has 1 aliphatic rings. The summed E-state index contributed by atoms with van der Waals surface area (Å²) >= 11 is 5.83. The molecule has 1 aromatic carbocycles. The number of rotatable bonds is 3. The molecule has 1 saturated carbocycles. The molecular weight excluding hydrogens is 243 g/mol. The van der Waals surface area contributed by atoms with Crippen molar-refractivity contribution in [3.8, 4) is 0 Å². The van der Waals surface area contributed by atoms with E-state index in [9.17, 15) is 14.3 Å². The van der Waals surface area contributed by atoms with Gasteiger partial charge in [-0.1, -0.05) is 31.5 Å². The average molecular weight is 257 g/mol. The number of benzene rings is 1. The SMILES string of the molecule is CC(C)c1cc(C2(C(=O)O)CC2)cc(Cl)c1F. The second-order valence-electron chi connectivity index (χ2n) is 4.90. The molecule has 2 nitrogen and oxygen atoms in total. The highest BCUT2D eigenvalue weighted by Gasteiger charge is 2.52. The van der Waals surface area contributed by atoms with Crippen molar-refractivity contribution < 1.29 is 14.3 Å². The number of halogens is 2. The van der Waals surface area contributed by atoms with Crippen LogP contribution in [0.1, 0.15) is 43.7 Å². The normalized spacial score (nSPS) is 17.2. The third-order valence-electron chi connectivity index (χ3n) is 3.39. The van der Waals surface area contributed by atoms with Crippen LogP contribution < -0.4 is 0 Å². The van der Waals surface area contributed by atoms with E-state index in [-0.39, 0.29) is 10.9 Å². The molecular formula is C13H14ClFO2. The van der Waals surface area contributed by atoms with Crippen LogP contribution in [-0.2, 0) is 10.2 Å². The molecule has 1 N–H and O–H groups in total. The summed E-state index contributed by atoms with van der Waals surface area (Å²) in [4.78, 5) is 11.2. The minimum Gasteiger partial charge on any atom is -0.481 e. The van der Waals surface area contributed by atoms with Crippen LogP contribution >= 0.6 is 11.6 Å². The minimum absolute atomic E-state index is 0.0127. The number of hydrogen-bond acceptors (Lipinski definition) is 1. The van der Waals surface area contributed by atoms with E-state index in [0.29, 0.717) is 24.0 Å². The van der Waals surface area contributed by atoms with Crippen molar-refractivity contribution in [1.82, 2.24) is 0 Å². The van der Waals surface area contributed by atoms with Gasteiger partial charge >= 0.3 is 5.97 Å². The van der Waals surface area contributed by atoms with Crippen LogP contribution in [0.3, 0.4) is 0 Å². The third kappa shape index (κ3) is 1.93. The first-order valence-electron chi connectivity index (χ1n) is 5.61. The summed E-state index contributed by atoms with van der Waals surface area (Å²) in [5, 5.41) is 9.22. The molecule has 4 heteroatoms. The van der Waals surface area contributed by atoms with E-state index in [1.54, 1.807) is 6.07 Å². The smallest absolute Gasteiger partial charge is 0.314 e. The van der Waals surface area contributed by atoms with Gasteiger partial charge in [-0.25, -0.2) is 4.39 Å². The van der Waals surface area contributed by atoms with Gasteiger partial charge < -0.3 is 5.11 Å². The number of carboxylic acids is 1. The highest BCUT2D eigenvalue weighted by molar-refractivity contribution is 6.31. The zero-order chi connectivity index (χ0) is 12.8. The van der Waals surface area contributed by atoms with Crippen LogP contribution in [0.25, 0.3) is 0 Å². The molecule has 0 amide bonds. The molecule has 1 aromatic rings. The summed E-state index contributed by atoms with van der Waals surface area (Å²) in [6.45, 7) is 3.72.